The summed E-state index contributed by atoms with van der Waals surface area (Å²) >= 11 is 1.22. The summed E-state index contributed by atoms with van der Waals surface area (Å²) in [6.45, 7) is 1.75. The Labute approximate surface area is 179 Å². The van der Waals surface area contributed by atoms with Gasteiger partial charge < -0.3 is 4.74 Å². The van der Waals surface area contributed by atoms with Crippen molar-refractivity contribution in [2.24, 2.45) is 0 Å². The Hall–Kier alpha value is -2.98. The maximum atomic E-state index is 13.0. The summed E-state index contributed by atoms with van der Waals surface area (Å²) in [5.74, 6) is 0.113. The molecule has 30 heavy (non-hydrogen) atoms. The molecule has 0 bridgehead atoms. The number of anilines is 2. The highest BCUT2D eigenvalue weighted by Crippen LogP contribution is 2.28. The normalized spacial score (nSPS) is 12.2. The van der Waals surface area contributed by atoms with Crippen LogP contribution in [-0.4, -0.2) is 43.9 Å². The Morgan fingerprint density at radius 3 is 2.37 bits per heavy atom. The van der Waals surface area contributed by atoms with Crippen LogP contribution in [0, 0.1) is 0 Å². The van der Waals surface area contributed by atoms with E-state index in [-0.39, 0.29) is 6.42 Å². The van der Waals surface area contributed by atoms with E-state index >= 15 is 0 Å². The van der Waals surface area contributed by atoms with Gasteiger partial charge in [-0.2, -0.15) is 0 Å². The summed E-state index contributed by atoms with van der Waals surface area (Å²) in [4.78, 5) is 13.0. The van der Waals surface area contributed by atoms with Gasteiger partial charge in [0.2, 0.25) is 21.1 Å². The highest BCUT2D eigenvalue weighted by molar-refractivity contribution is 7.92. The van der Waals surface area contributed by atoms with Crippen LogP contribution in [0.5, 0.6) is 5.75 Å². The van der Waals surface area contributed by atoms with Crippen molar-refractivity contribution in [3.8, 4) is 16.3 Å². The number of nitrogens with one attached hydrogen (secondary N) is 1. The molecule has 158 valence electrons. The number of aromatic nitrogens is 2. The van der Waals surface area contributed by atoms with E-state index in [1.165, 1.54) is 18.4 Å². The summed E-state index contributed by atoms with van der Waals surface area (Å²) in [6.07, 6.45) is 1.35. The second-order valence-corrected chi connectivity index (χ2v) is 9.29. The number of rotatable bonds is 8. The molecular formula is C20H22N4O4S2. The summed E-state index contributed by atoms with van der Waals surface area (Å²) in [5.41, 5.74) is 1.26. The summed E-state index contributed by atoms with van der Waals surface area (Å²) in [7, 11) is -2.20. The molecular weight excluding hydrogens is 424 g/mol. The van der Waals surface area contributed by atoms with Gasteiger partial charge in [0.05, 0.1) is 19.1 Å². The smallest absolute Gasteiger partial charge is 0.250 e. The van der Waals surface area contributed by atoms with Crippen molar-refractivity contribution in [2.75, 3.05) is 23.0 Å². The topological polar surface area (TPSA) is 101 Å². The van der Waals surface area contributed by atoms with E-state index in [2.05, 4.69) is 15.5 Å². The average Bonchev–Trinajstić information content (AvgIpc) is 3.20. The molecule has 0 saturated heterocycles. The van der Waals surface area contributed by atoms with Gasteiger partial charge in [0.25, 0.3) is 0 Å². The number of carbonyl (C=O) groups excluding carboxylic acids is 1. The fraction of sp³-hybridized carbons (Fsp3) is 0.250. The molecule has 10 heteroatoms. The third kappa shape index (κ3) is 4.95. The number of hydrogen-bond donors (Lipinski definition) is 1. The third-order valence-electron chi connectivity index (χ3n) is 4.33. The van der Waals surface area contributed by atoms with Gasteiger partial charge in [-0.25, -0.2) is 8.42 Å². The number of carbonyl (C=O) groups is 1. The number of hydrogen-bond acceptors (Lipinski definition) is 7. The summed E-state index contributed by atoms with van der Waals surface area (Å²) in [6, 6.07) is 15.0. The zero-order valence-electron chi connectivity index (χ0n) is 16.8. The molecule has 0 spiro atoms. The molecule has 1 atom stereocenters. The fourth-order valence-electron chi connectivity index (χ4n) is 2.95. The van der Waals surface area contributed by atoms with Crippen LogP contribution in [0.25, 0.3) is 10.6 Å². The molecule has 0 fully saturated rings. The van der Waals surface area contributed by atoms with Crippen LogP contribution >= 0.6 is 11.3 Å². The second kappa shape index (κ2) is 9.23. The van der Waals surface area contributed by atoms with Gasteiger partial charge in [0, 0.05) is 5.56 Å². The second-order valence-electron chi connectivity index (χ2n) is 6.45. The Kier molecular flexibility index (Phi) is 6.68. The van der Waals surface area contributed by atoms with Crippen LogP contribution in [0.1, 0.15) is 13.3 Å². The number of methoxy groups -OCH3 is 1. The van der Waals surface area contributed by atoms with Crippen LogP contribution < -0.4 is 14.4 Å². The van der Waals surface area contributed by atoms with E-state index in [0.717, 1.165) is 16.1 Å². The van der Waals surface area contributed by atoms with Crippen molar-refractivity contribution in [3.05, 3.63) is 54.6 Å². The van der Waals surface area contributed by atoms with Crippen LogP contribution in [0.4, 0.5) is 10.8 Å². The molecule has 0 radical (unpaired) electrons. The molecule has 0 saturated carbocycles. The van der Waals surface area contributed by atoms with Crippen molar-refractivity contribution in [3.63, 3.8) is 0 Å². The zero-order chi connectivity index (χ0) is 21.7. The van der Waals surface area contributed by atoms with Crippen molar-refractivity contribution >= 4 is 38.1 Å². The maximum Gasteiger partial charge on any atom is 0.250 e. The molecule has 1 unspecified atom stereocenters. The highest BCUT2D eigenvalue weighted by atomic mass is 32.2. The van der Waals surface area contributed by atoms with E-state index < -0.39 is 22.0 Å². The predicted octanol–water partition coefficient (Wildman–Crippen LogP) is 3.40. The number of amides is 1. The van der Waals surface area contributed by atoms with Gasteiger partial charge in [-0.15, -0.1) is 10.2 Å². The minimum atomic E-state index is -3.72. The first-order chi connectivity index (χ1) is 14.3. The van der Waals surface area contributed by atoms with Crippen LogP contribution in [0.15, 0.2) is 54.6 Å². The number of nitrogens with zero attached hydrogens (tertiary/aromatic N) is 3. The van der Waals surface area contributed by atoms with E-state index in [9.17, 15) is 13.2 Å². The molecule has 3 aromatic rings. The van der Waals surface area contributed by atoms with Crippen molar-refractivity contribution in [1.29, 1.82) is 0 Å². The first-order valence-electron chi connectivity index (χ1n) is 9.16. The molecule has 3 rings (SSSR count). The predicted molar refractivity (Wildman–Crippen MR) is 118 cm³/mol. The molecule has 0 aliphatic heterocycles. The van der Waals surface area contributed by atoms with Gasteiger partial charge in [0.15, 0.2) is 0 Å². The van der Waals surface area contributed by atoms with E-state index in [1.54, 1.807) is 31.2 Å². The lowest BCUT2D eigenvalue weighted by atomic mass is 10.2. The summed E-state index contributed by atoms with van der Waals surface area (Å²) < 4.78 is 31.3. The Morgan fingerprint density at radius 2 is 1.80 bits per heavy atom. The minimum Gasteiger partial charge on any atom is -0.497 e. The Bertz CT molecular complexity index is 1100. The maximum absolute atomic E-state index is 13.0. The van der Waals surface area contributed by atoms with Gasteiger partial charge >= 0.3 is 0 Å². The van der Waals surface area contributed by atoms with E-state index in [1.807, 2.05) is 30.3 Å². The van der Waals surface area contributed by atoms with Crippen LogP contribution in [0.2, 0.25) is 0 Å². The van der Waals surface area contributed by atoms with Crippen molar-refractivity contribution < 1.29 is 17.9 Å². The number of sulfonamides is 1. The van der Waals surface area contributed by atoms with Gasteiger partial charge in [0.1, 0.15) is 16.8 Å². The van der Waals surface area contributed by atoms with Crippen molar-refractivity contribution in [2.45, 2.75) is 19.4 Å². The lowest BCUT2D eigenvalue weighted by Crippen LogP contribution is -2.46. The lowest BCUT2D eigenvalue weighted by molar-refractivity contribution is -0.117. The molecule has 1 amide bonds. The molecule has 1 aromatic heterocycles. The fourth-order valence-corrected chi connectivity index (χ4v) is 4.91. The molecule has 1 heterocycles. The molecule has 0 aliphatic rings. The van der Waals surface area contributed by atoms with Crippen LogP contribution in [-0.2, 0) is 14.8 Å². The molecule has 8 nitrogen and oxygen atoms in total. The van der Waals surface area contributed by atoms with Crippen LogP contribution in [0.3, 0.4) is 0 Å². The Balaban J connectivity index is 1.85. The largest absolute Gasteiger partial charge is 0.497 e. The van der Waals surface area contributed by atoms with E-state index in [0.29, 0.717) is 21.6 Å². The standard InChI is InChI=1S/C20H22N4O4S2/c1-4-17(24(30(3,26)27)15-10-12-16(28-2)13-11-15)18(25)21-20-23-22-19(29-20)14-8-6-5-7-9-14/h5-13,17H,4H2,1-3H3,(H,21,23,25). The highest BCUT2D eigenvalue weighted by Gasteiger charge is 2.32. The average molecular weight is 447 g/mol. The third-order valence-corrected chi connectivity index (χ3v) is 6.40. The van der Waals surface area contributed by atoms with Gasteiger partial charge in [-0.1, -0.05) is 48.6 Å². The van der Waals surface area contributed by atoms with E-state index in [4.69, 9.17) is 4.74 Å². The lowest BCUT2D eigenvalue weighted by Gasteiger charge is -2.29. The molecule has 2 aromatic carbocycles. The first kappa shape index (κ1) is 21.7. The number of benzene rings is 2. The SMILES string of the molecule is CCC(C(=O)Nc1nnc(-c2ccccc2)s1)N(c1ccc(OC)cc1)S(C)(=O)=O. The number of ether oxygens (including phenoxy) is 1. The molecule has 1 N–H and O–H groups in total. The van der Waals surface area contributed by atoms with Crippen molar-refractivity contribution in [1.82, 2.24) is 10.2 Å². The quantitative estimate of drug-likeness (QED) is 0.569. The molecule has 0 aliphatic carbocycles. The van der Waals surface area contributed by atoms with Gasteiger partial charge in [-0.3, -0.25) is 14.4 Å². The van der Waals surface area contributed by atoms with Gasteiger partial charge in [-0.05, 0) is 30.7 Å². The zero-order valence-corrected chi connectivity index (χ0v) is 18.4. The Morgan fingerprint density at radius 1 is 1.13 bits per heavy atom. The minimum absolute atomic E-state index is 0.273. The summed E-state index contributed by atoms with van der Waals surface area (Å²) in [5, 5.41) is 11.8. The monoisotopic (exact) mass is 446 g/mol. The first-order valence-corrected chi connectivity index (χ1v) is 11.8.